The van der Waals surface area contributed by atoms with Gasteiger partial charge in [-0.15, -0.1) is 0 Å². The summed E-state index contributed by atoms with van der Waals surface area (Å²) in [5, 5.41) is 14.5. The van der Waals surface area contributed by atoms with E-state index in [0.29, 0.717) is 0 Å². The number of piperidine rings is 1. The average Bonchev–Trinajstić information content (AvgIpc) is 3.53. The third kappa shape index (κ3) is 4.63. The zero-order valence-electron chi connectivity index (χ0n) is 17.8. The monoisotopic (exact) mass is 426 g/mol. The molecule has 0 bridgehead atoms. The summed E-state index contributed by atoms with van der Waals surface area (Å²) in [5.74, 6) is 0.0733. The topological polar surface area (TPSA) is 78.8 Å². The molecule has 1 atom stereocenters. The lowest BCUT2D eigenvalue weighted by Crippen LogP contribution is -2.40. The fraction of sp³-hybridized carbons (Fsp3) is 0.240. The number of benzene rings is 2. The van der Waals surface area contributed by atoms with E-state index in [1.807, 2.05) is 71.5 Å². The molecule has 0 saturated carbocycles. The Morgan fingerprint density at radius 1 is 1.09 bits per heavy atom. The van der Waals surface area contributed by atoms with Crippen molar-refractivity contribution in [3.8, 4) is 16.9 Å². The van der Waals surface area contributed by atoms with Crippen LogP contribution in [-0.2, 0) is 11.3 Å². The Labute approximate surface area is 187 Å². The summed E-state index contributed by atoms with van der Waals surface area (Å²) >= 11 is 0. The van der Waals surface area contributed by atoms with Crippen molar-refractivity contribution >= 4 is 11.6 Å². The van der Waals surface area contributed by atoms with Gasteiger partial charge in [0, 0.05) is 36.7 Å². The molecule has 7 heteroatoms. The Bertz CT molecular complexity index is 1150. The minimum atomic E-state index is -0.0137. The molecule has 1 aliphatic rings. The number of nitrogens with one attached hydrogen (secondary N) is 2. The summed E-state index contributed by atoms with van der Waals surface area (Å²) in [5.41, 5.74) is 5.03. The molecule has 2 aromatic heterocycles. The van der Waals surface area contributed by atoms with Gasteiger partial charge in [-0.3, -0.25) is 14.8 Å². The molecule has 5 rings (SSSR count). The Hall–Kier alpha value is -3.71. The van der Waals surface area contributed by atoms with E-state index in [9.17, 15) is 4.79 Å². The Morgan fingerprint density at radius 3 is 2.72 bits per heavy atom. The number of hydrogen-bond donors (Lipinski definition) is 2. The van der Waals surface area contributed by atoms with Gasteiger partial charge in [0.15, 0.2) is 0 Å². The van der Waals surface area contributed by atoms with E-state index in [1.165, 1.54) is 0 Å². The number of carbonyl (C=O) groups is 1. The van der Waals surface area contributed by atoms with Crippen LogP contribution >= 0.6 is 0 Å². The molecule has 7 nitrogen and oxygen atoms in total. The number of nitrogens with zero attached hydrogens (tertiary/aromatic N) is 4. The zero-order valence-corrected chi connectivity index (χ0v) is 17.8. The first-order chi connectivity index (χ1) is 15.7. The second kappa shape index (κ2) is 9.20. The highest BCUT2D eigenvalue weighted by atomic mass is 16.1. The largest absolute Gasteiger partial charge is 0.326 e. The van der Waals surface area contributed by atoms with Crippen LogP contribution in [0.4, 0.5) is 5.69 Å². The minimum Gasteiger partial charge on any atom is -0.326 e. The van der Waals surface area contributed by atoms with Crippen molar-refractivity contribution in [2.75, 3.05) is 18.4 Å². The molecular weight excluding hydrogens is 400 g/mol. The van der Waals surface area contributed by atoms with E-state index < -0.39 is 0 Å². The highest BCUT2D eigenvalue weighted by molar-refractivity contribution is 5.93. The fourth-order valence-corrected chi connectivity index (χ4v) is 4.23. The number of aromatic amines is 1. The second-order valence-electron chi connectivity index (χ2n) is 8.24. The maximum absolute atomic E-state index is 12.9. The number of aromatic nitrogens is 4. The summed E-state index contributed by atoms with van der Waals surface area (Å²) in [6.07, 6.45) is 7.65. The van der Waals surface area contributed by atoms with Crippen molar-refractivity contribution in [1.82, 2.24) is 24.9 Å². The van der Waals surface area contributed by atoms with Crippen molar-refractivity contribution in [1.29, 1.82) is 0 Å². The Kier molecular flexibility index (Phi) is 5.81. The predicted octanol–water partition coefficient (Wildman–Crippen LogP) is 4.11. The van der Waals surface area contributed by atoms with E-state index in [4.69, 9.17) is 0 Å². The van der Waals surface area contributed by atoms with E-state index in [1.54, 1.807) is 6.20 Å². The summed E-state index contributed by atoms with van der Waals surface area (Å²) < 4.78 is 1.90. The highest BCUT2D eigenvalue weighted by Crippen LogP contribution is 2.23. The molecule has 4 aromatic rings. The number of rotatable bonds is 6. The van der Waals surface area contributed by atoms with Crippen LogP contribution in [0.25, 0.3) is 16.9 Å². The molecule has 1 amide bonds. The highest BCUT2D eigenvalue weighted by Gasteiger charge is 2.26. The van der Waals surface area contributed by atoms with Crippen LogP contribution in [0, 0.1) is 5.92 Å². The molecule has 32 heavy (non-hydrogen) atoms. The van der Waals surface area contributed by atoms with Crippen LogP contribution in [-0.4, -0.2) is 43.9 Å². The van der Waals surface area contributed by atoms with E-state index in [2.05, 4.69) is 31.7 Å². The van der Waals surface area contributed by atoms with Crippen molar-refractivity contribution in [3.05, 3.63) is 84.8 Å². The first kappa shape index (κ1) is 20.2. The molecule has 1 unspecified atom stereocenters. The Morgan fingerprint density at radius 2 is 1.94 bits per heavy atom. The van der Waals surface area contributed by atoms with E-state index >= 15 is 0 Å². The van der Waals surface area contributed by atoms with Crippen molar-refractivity contribution in [3.63, 3.8) is 0 Å². The number of H-pyrrole nitrogens is 1. The summed E-state index contributed by atoms with van der Waals surface area (Å²) in [6.45, 7) is 2.56. The van der Waals surface area contributed by atoms with Crippen molar-refractivity contribution in [2.45, 2.75) is 19.4 Å². The van der Waals surface area contributed by atoms with Gasteiger partial charge in [0.2, 0.25) is 5.91 Å². The second-order valence-corrected chi connectivity index (χ2v) is 8.24. The lowest BCUT2D eigenvalue weighted by molar-refractivity contribution is -0.121. The van der Waals surface area contributed by atoms with Crippen molar-refractivity contribution in [2.24, 2.45) is 5.92 Å². The van der Waals surface area contributed by atoms with Crippen LogP contribution in [0.2, 0.25) is 0 Å². The minimum absolute atomic E-state index is 0.0137. The van der Waals surface area contributed by atoms with Gasteiger partial charge in [0.25, 0.3) is 0 Å². The molecule has 1 saturated heterocycles. The number of carbonyl (C=O) groups excluding carboxylic acids is 1. The molecular formula is C25H26N6O. The predicted molar refractivity (Wildman–Crippen MR) is 124 cm³/mol. The van der Waals surface area contributed by atoms with Crippen LogP contribution in [0.5, 0.6) is 0 Å². The number of likely N-dealkylation sites (tertiary alicyclic amines) is 1. The van der Waals surface area contributed by atoms with Gasteiger partial charge in [0.1, 0.15) is 0 Å². The molecule has 3 heterocycles. The molecule has 162 valence electrons. The third-order valence-corrected chi connectivity index (χ3v) is 5.90. The summed E-state index contributed by atoms with van der Waals surface area (Å²) in [7, 11) is 0. The van der Waals surface area contributed by atoms with Crippen LogP contribution in [0.1, 0.15) is 18.4 Å². The smallest absolute Gasteiger partial charge is 0.228 e. The van der Waals surface area contributed by atoms with Gasteiger partial charge in [-0.05, 0) is 55.3 Å². The number of para-hydroxylation sites is 1. The average molecular weight is 427 g/mol. The summed E-state index contributed by atoms with van der Waals surface area (Å²) in [4.78, 5) is 15.2. The number of hydrogen-bond acceptors (Lipinski definition) is 4. The van der Waals surface area contributed by atoms with Crippen LogP contribution in [0.15, 0.2) is 79.3 Å². The molecule has 0 radical (unpaired) electrons. The zero-order chi connectivity index (χ0) is 21.8. The van der Waals surface area contributed by atoms with Gasteiger partial charge in [-0.1, -0.05) is 30.3 Å². The normalized spacial score (nSPS) is 16.7. The standard InChI is InChI=1S/C25H26N6O/c32-25(28-22-10-8-20(9-11-22)24-12-13-26-29-24)21-5-4-14-30(18-21)16-19-15-27-31(17-19)23-6-2-1-3-7-23/h1-3,6-13,15,17,21H,4-5,14,16,18H2,(H,26,29)(H,28,32). The van der Waals surface area contributed by atoms with Gasteiger partial charge in [0.05, 0.1) is 23.5 Å². The molecule has 1 aliphatic heterocycles. The van der Waals surface area contributed by atoms with Gasteiger partial charge in [-0.2, -0.15) is 10.2 Å². The quantitative estimate of drug-likeness (QED) is 0.486. The third-order valence-electron chi connectivity index (χ3n) is 5.90. The first-order valence-electron chi connectivity index (χ1n) is 11.0. The van der Waals surface area contributed by atoms with E-state index in [-0.39, 0.29) is 11.8 Å². The van der Waals surface area contributed by atoms with E-state index in [0.717, 1.165) is 60.7 Å². The summed E-state index contributed by atoms with van der Waals surface area (Å²) in [6, 6.07) is 19.9. The number of anilines is 1. The number of amides is 1. The molecule has 0 spiro atoms. The van der Waals surface area contributed by atoms with Crippen molar-refractivity contribution < 1.29 is 4.79 Å². The van der Waals surface area contributed by atoms with Gasteiger partial charge < -0.3 is 5.32 Å². The molecule has 0 aliphatic carbocycles. The van der Waals surface area contributed by atoms with Gasteiger partial charge in [-0.25, -0.2) is 4.68 Å². The van der Waals surface area contributed by atoms with Crippen LogP contribution < -0.4 is 5.32 Å². The van der Waals surface area contributed by atoms with Gasteiger partial charge >= 0.3 is 0 Å². The lowest BCUT2D eigenvalue weighted by atomic mass is 9.96. The maximum atomic E-state index is 12.9. The maximum Gasteiger partial charge on any atom is 0.228 e. The fourth-order valence-electron chi connectivity index (χ4n) is 4.23. The molecule has 2 aromatic carbocycles. The molecule has 2 N–H and O–H groups in total. The SMILES string of the molecule is O=C(Nc1ccc(-c2ccn[nH]2)cc1)C1CCCN(Cc2cnn(-c3ccccc3)c2)C1. The lowest BCUT2D eigenvalue weighted by Gasteiger charge is -2.31. The first-order valence-corrected chi connectivity index (χ1v) is 11.0. The molecule has 1 fully saturated rings. The van der Waals surface area contributed by atoms with Crippen LogP contribution in [0.3, 0.4) is 0 Å². The Balaban J connectivity index is 1.18.